The minimum atomic E-state index is -0.613. The van der Waals surface area contributed by atoms with Crippen LogP contribution in [0.15, 0.2) is 42.6 Å². The number of rotatable bonds is 5. The number of carbonyl (C=O) groups is 1. The number of benzene rings is 1. The highest BCUT2D eigenvalue weighted by Crippen LogP contribution is 2.18. The third-order valence-electron chi connectivity index (χ3n) is 4.22. The lowest BCUT2D eigenvalue weighted by molar-refractivity contribution is 0.0842. The number of hydrogen-bond acceptors (Lipinski definition) is 5. The quantitative estimate of drug-likeness (QED) is 0.756. The Labute approximate surface area is 141 Å². The molecule has 0 saturated heterocycles. The molecule has 0 aliphatic carbocycles. The van der Waals surface area contributed by atoms with Crippen LogP contribution in [0, 0.1) is 0 Å². The van der Waals surface area contributed by atoms with Crippen LogP contribution in [0.2, 0.25) is 0 Å². The molecule has 1 aromatic heterocycles. The van der Waals surface area contributed by atoms with E-state index in [0.29, 0.717) is 17.9 Å². The summed E-state index contributed by atoms with van der Waals surface area (Å²) in [5.74, 6) is 0.0438. The summed E-state index contributed by atoms with van der Waals surface area (Å²) in [4.78, 5) is 18.1. The molecule has 1 amide bonds. The Kier molecular flexibility index (Phi) is 5.08. The number of fused-ring (bicyclic) bond motifs is 1. The fraction of sp³-hybridized carbons (Fsp3) is 0.333. The average Bonchev–Trinajstić information content (AvgIpc) is 2.59. The van der Waals surface area contributed by atoms with Gasteiger partial charge in [-0.25, -0.2) is 4.98 Å². The molecule has 0 saturated carbocycles. The van der Waals surface area contributed by atoms with Gasteiger partial charge in [0, 0.05) is 37.9 Å². The lowest BCUT2D eigenvalue weighted by Gasteiger charge is -2.30. The summed E-state index contributed by atoms with van der Waals surface area (Å²) in [5, 5.41) is 12.9. The van der Waals surface area contributed by atoms with E-state index >= 15 is 0 Å². The molecular weight excluding hydrogens is 304 g/mol. The zero-order chi connectivity index (χ0) is 16.9. The Morgan fingerprint density at radius 3 is 2.92 bits per heavy atom. The maximum absolute atomic E-state index is 12.0. The number of β-amino-alcohol motifs (C(OH)–C–C–N with tert-alkyl or cyclic N) is 1. The number of nitrogens with two attached hydrogens (primary N) is 1. The number of aliphatic hydroxyl groups excluding tert-OH is 1. The zero-order valence-corrected chi connectivity index (χ0v) is 13.5. The van der Waals surface area contributed by atoms with Crippen LogP contribution in [0.5, 0.6) is 0 Å². The van der Waals surface area contributed by atoms with Crippen molar-refractivity contribution in [3.63, 3.8) is 0 Å². The number of hydrogen-bond donors (Lipinski definition) is 3. The first-order valence-electron chi connectivity index (χ1n) is 8.09. The highest BCUT2D eigenvalue weighted by molar-refractivity contribution is 5.94. The minimum absolute atomic E-state index is 0.208. The number of nitrogens with zero attached hydrogens (tertiary/aromatic N) is 2. The Hall–Kier alpha value is -2.44. The van der Waals surface area contributed by atoms with Crippen LogP contribution < -0.4 is 11.1 Å². The molecular formula is C18H22N4O2. The molecule has 0 bridgehead atoms. The zero-order valence-electron chi connectivity index (χ0n) is 13.5. The second kappa shape index (κ2) is 7.42. The van der Waals surface area contributed by atoms with Gasteiger partial charge < -0.3 is 16.2 Å². The molecule has 1 atom stereocenters. The van der Waals surface area contributed by atoms with Crippen molar-refractivity contribution in [3.8, 4) is 0 Å². The van der Waals surface area contributed by atoms with E-state index in [2.05, 4.69) is 33.4 Å². The summed E-state index contributed by atoms with van der Waals surface area (Å²) in [6.45, 7) is 2.50. The number of nitrogens with one attached hydrogen (secondary N) is 1. The highest BCUT2D eigenvalue weighted by Gasteiger charge is 2.18. The van der Waals surface area contributed by atoms with Crippen molar-refractivity contribution in [1.29, 1.82) is 0 Å². The topological polar surface area (TPSA) is 91.5 Å². The van der Waals surface area contributed by atoms with Gasteiger partial charge in [-0.15, -0.1) is 0 Å². The van der Waals surface area contributed by atoms with Crippen molar-refractivity contribution in [2.24, 2.45) is 0 Å². The van der Waals surface area contributed by atoms with E-state index in [1.54, 1.807) is 6.07 Å². The lowest BCUT2D eigenvalue weighted by Crippen LogP contribution is -2.42. The third kappa shape index (κ3) is 4.10. The molecule has 2 heterocycles. The Morgan fingerprint density at radius 1 is 1.33 bits per heavy atom. The molecule has 2 aromatic rings. The maximum Gasteiger partial charge on any atom is 0.251 e. The predicted molar refractivity (Wildman–Crippen MR) is 92.4 cm³/mol. The fourth-order valence-electron chi connectivity index (χ4n) is 2.97. The summed E-state index contributed by atoms with van der Waals surface area (Å²) in [6, 6.07) is 11.5. The van der Waals surface area contributed by atoms with Crippen LogP contribution in [-0.4, -0.2) is 46.6 Å². The van der Waals surface area contributed by atoms with Crippen LogP contribution in [0.4, 0.5) is 5.82 Å². The van der Waals surface area contributed by atoms with Gasteiger partial charge in [-0.05, 0) is 29.7 Å². The fourth-order valence-corrected chi connectivity index (χ4v) is 2.97. The summed E-state index contributed by atoms with van der Waals surface area (Å²) < 4.78 is 0. The second-order valence-corrected chi connectivity index (χ2v) is 6.09. The number of anilines is 1. The van der Waals surface area contributed by atoms with Crippen molar-refractivity contribution < 1.29 is 9.90 Å². The second-order valence-electron chi connectivity index (χ2n) is 6.09. The van der Waals surface area contributed by atoms with E-state index in [1.165, 1.54) is 23.4 Å². The summed E-state index contributed by atoms with van der Waals surface area (Å²) in [6.07, 6.45) is 1.87. The first kappa shape index (κ1) is 16.4. The summed E-state index contributed by atoms with van der Waals surface area (Å²) in [5.41, 5.74) is 8.71. The van der Waals surface area contributed by atoms with Crippen molar-refractivity contribution in [2.75, 3.05) is 25.4 Å². The lowest BCUT2D eigenvalue weighted by atomic mass is 10.00. The van der Waals surface area contributed by atoms with Gasteiger partial charge in [0.25, 0.3) is 5.91 Å². The van der Waals surface area contributed by atoms with Gasteiger partial charge in [0.15, 0.2) is 0 Å². The molecule has 126 valence electrons. The minimum Gasteiger partial charge on any atom is -0.390 e. The van der Waals surface area contributed by atoms with Gasteiger partial charge >= 0.3 is 0 Å². The highest BCUT2D eigenvalue weighted by atomic mass is 16.3. The molecule has 0 radical (unpaired) electrons. The molecule has 1 aliphatic heterocycles. The molecule has 3 rings (SSSR count). The number of aliphatic hydroxyl groups is 1. The molecule has 4 N–H and O–H groups in total. The molecule has 1 unspecified atom stereocenters. The number of aromatic nitrogens is 1. The number of pyridine rings is 1. The first-order chi connectivity index (χ1) is 11.6. The van der Waals surface area contributed by atoms with Gasteiger partial charge in [0.1, 0.15) is 5.82 Å². The summed E-state index contributed by atoms with van der Waals surface area (Å²) in [7, 11) is 0. The van der Waals surface area contributed by atoms with E-state index in [0.717, 1.165) is 19.5 Å². The SMILES string of the molecule is Nc1cc(C(=O)NCC(O)CN2CCc3ccccc3C2)ccn1. The van der Waals surface area contributed by atoms with Gasteiger partial charge in [0.05, 0.1) is 6.10 Å². The van der Waals surface area contributed by atoms with Crippen LogP contribution in [0.3, 0.4) is 0 Å². The van der Waals surface area contributed by atoms with Gasteiger partial charge in [-0.3, -0.25) is 9.69 Å². The Morgan fingerprint density at radius 2 is 2.12 bits per heavy atom. The molecule has 6 nitrogen and oxygen atoms in total. The van der Waals surface area contributed by atoms with Crippen molar-refractivity contribution in [2.45, 2.75) is 19.1 Å². The number of amides is 1. The normalized spacial score (nSPS) is 15.5. The van der Waals surface area contributed by atoms with E-state index in [9.17, 15) is 9.90 Å². The van der Waals surface area contributed by atoms with Crippen molar-refractivity contribution in [3.05, 3.63) is 59.3 Å². The molecule has 24 heavy (non-hydrogen) atoms. The number of carbonyl (C=O) groups excluding carboxylic acids is 1. The van der Waals surface area contributed by atoms with Gasteiger partial charge in [-0.2, -0.15) is 0 Å². The largest absolute Gasteiger partial charge is 0.390 e. The average molecular weight is 326 g/mol. The monoisotopic (exact) mass is 326 g/mol. The Bertz CT molecular complexity index is 720. The first-order valence-corrected chi connectivity index (χ1v) is 8.09. The van der Waals surface area contributed by atoms with Gasteiger partial charge in [-0.1, -0.05) is 24.3 Å². The summed E-state index contributed by atoms with van der Waals surface area (Å²) >= 11 is 0. The van der Waals surface area contributed by atoms with Crippen LogP contribution in [-0.2, 0) is 13.0 Å². The van der Waals surface area contributed by atoms with E-state index < -0.39 is 6.10 Å². The van der Waals surface area contributed by atoms with Crippen molar-refractivity contribution >= 4 is 11.7 Å². The molecule has 1 aliphatic rings. The third-order valence-corrected chi connectivity index (χ3v) is 4.22. The van der Waals surface area contributed by atoms with Crippen molar-refractivity contribution in [1.82, 2.24) is 15.2 Å². The smallest absolute Gasteiger partial charge is 0.251 e. The van der Waals surface area contributed by atoms with E-state index in [-0.39, 0.29) is 12.5 Å². The predicted octanol–water partition coefficient (Wildman–Crippen LogP) is 0.813. The van der Waals surface area contributed by atoms with Crippen LogP contribution >= 0.6 is 0 Å². The molecule has 0 fully saturated rings. The standard InChI is InChI=1S/C18H22N4O2/c19-17-9-14(5-7-20-17)18(24)21-10-16(23)12-22-8-6-13-3-1-2-4-15(13)11-22/h1-5,7,9,16,23H,6,8,10-12H2,(H2,19,20)(H,21,24). The molecule has 6 heteroatoms. The van der Waals surface area contributed by atoms with Gasteiger partial charge in [0.2, 0.25) is 0 Å². The van der Waals surface area contributed by atoms with E-state index in [4.69, 9.17) is 5.73 Å². The maximum atomic E-state index is 12.0. The number of nitrogen functional groups attached to an aromatic ring is 1. The molecule has 0 spiro atoms. The van der Waals surface area contributed by atoms with E-state index in [1.807, 2.05) is 6.07 Å². The van der Waals surface area contributed by atoms with Crippen LogP contribution in [0.25, 0.3) is 0 Å². The molecule has 1 aromatic carbocycles. The Balaban J connectivity index is 1.48. The van der Waals surface area contributed by atoms with Crippen LogP contribution in [0.1, 0.15) is 21.5 Å².